The van der Waals surface area contributed by atoms with Crippen molar-refractivity contribution < 1.29 is 19.4 Å². The smallest absolute Gasteiger partial charge is 0.341 e. The van der Waals surface area contributed by atoms with Crippen LogP contribution in [0.15, 0.2) is 18.2 Å². The van der Waals surface area contributed by atoms with Crippen molar-refractivity contribution in [2.24, 2.45) is 0 Å². The van der Waals surface area contributed by atoms with E-state index in [9.17, 15) is 14.7 Å². The van der Waals surface area contributed by atoms with Gasteiger partial charge >= 0.3 is 5.97 Å². The molecule has 0 aliphatic rings. The van der Waals surface area contributed by atoms with E-state index in [-0.39, 0.29) is 23.8 Å². The van der Waals surface area contributed by atoms with Crippen molar-refractivity contribution in [3.05, 3.63) is 23.8 Å². The first-order valence-electron chi connectivity index (χ1n) is 7.91. The van der Waals surface area contributed by atoms with E-state index in [1.54, 1.807) is 13.0 Å². The van der Waals surface area contributed by atoms with Crippen molar-refractivity contribution in [2.75, 3.05) is 36.5 Å². The lowest BCUT2D eigenvalue weighted by Gasteiger charge is -2.17. The summed E-state index contributed by atoms with van der Waals surface area (Å²) in [6, 6.07) is 4.36. The lowest BCUT2D eigenvalue weighted by molar-refractivity contribution is -0.116. The molecule has 0 saturated carbocycles. The molecule has 0 unspecified atom stereocenters. The zero-order valence-corrected chi connectivity index (χ0v) is 16.9. The first-order chi connectivity index (χ1) is 11.5. The highest BCUT2D eigenvalue weighted by atomic mass is 127. The fourth-order valence-electron chi connectivity index (χ4n) is 2.01. The predicted molar refractivity (Wildman–Crippen MR) is 105 cm³/mol. The molecule has 0 aromatic heterocycles. The number of esters is 1. The Labute approximate surface area is 157 Å². The minimum atomic E-state index is -0.584. The van der Waals surface area contributed by atoms with Crippen LogP contribution >= 0.6 is 22.6 Å². The molecule has 1 aromatic rings. The molecule has 0 heterocycles. The molecular formula is C17H27IN2O4. The molecule has 1 amide bonds. The number of halogens is 1. The maximum atomic E-state index is 11.9. The van der Waals surface area contributed by atoms with Crippen molar-refractivity contribution >= 4 is 40.2 Å². The number of aromatic hydroxyl groups is 1. The van der Waals surface area contributed by atoms with Crippen LogP contribution in [-0.4, -0.2) is 53.1 Å². The first kappa shape index (κ1) is 22.6. The SMILES string of the molecule is CCOC(=O)c1ccc(NC(=O)CCN(CC)CC)cc1O.CI. The average molecular weight is 450 g/mol. The summed E-state index contributed by atoms with van der Waals surface area (Å²) < 4.78 is 4.83. The quantitative estimate of drug-likeness (QED) is 0.361. The van der Waals surface area contributed by atoms with Gasteiger partial charge in [-0.3, -0.25) is 4.79 Å². The summed E-state index contributed by atoms with van der Waals surface area (Å²) in [6.45, 7) is 8.52. The third kappa shape index (κ3) is 7.96. The van der Waals surface area contributed by atoms with Gasteiger partial charge in [0.05, 0.1) is 6.61 Å². The molecule has 1 aromatic carbocycles. The largest absolute Gasteiger partial charge is 0.507 e. The van der Waals surface area contributed by atoms with Crippen molar-refractivity contribution in [3.8, 4) is 5.75 Å². The van der Waals surface area contributed by atoms with Crippen LogP contribution in [0.5, 0.6) is 5.75 Å². The Balaban J connectivity index is 0.00000254. The number of anilines is 1. The van der Waals surface area contributed by atoms with Crippen LogP contribution in [0.1, 0.15) is 37.6 Å². The molecule has 0 spiro atoms. The molecule has 0 atom stereocenters. The van der Waals surface area contributed by atoms with E-state index in [2.05, 4.69) is 32.8 Å². The molecule has 136 valence electrons. The highest BCUT2D eigenvalue weighted by Gasteiger charge is 2.13. The average Bonchev–Trinajstić information content (AvgIpc) is 2.58. The second-order valence-corrected chi connectivity index (χ2v) is 4.78. The first-order valence-corrected chi connectivity index (χ1v) is 10.1. The highest BCUT2D eigenvalue weighted by Crippen LogP contribution is 2.22. The van der Waals surface area contributed by atoms with Gasteiger partial charge in [0.1, 0.15) is 11.3 Å². The normalized spacial score (nSPS) is 9.92. The van der Waals surface area contributed by atoms with E-state index < -0.39 is 5.97 Å². The molecule has 0 saturated heterocycles. The second-order valence-electron chi connectivity index (χ2n) is 4.78. The van der Waals surface area contributed by atoms with Gasteiger partial charge in [-0.25, -0.2) is 4.79 Å². The number of carbonyl (C=O) groups excluding carboxylic acids is 2. The Bertz CT molecular complexity index is 519. The van der Waals surface area contributed by atoms with E-state index >= 15 is 0 Å². The lowest BCUT2D eigenvalue weighted by atomic mass is 10.2. The van der Waals surface area contributed by atoms with Gasteiger partial charge in [0, 0.05) is 24.7 Å². The van der Waals surface area contributed by atoms with Crippen LogP contribution in [-0.2, 0) is 9.53 Å². The van der Waals surface area contributed by atoms with E-state index in [1.807, 2.05) is 18.8 Å². The van der Waals surface area contributed by atoms with Crippen molar-refractivity contribution in [1.82, 2.24) is 4.90 Å². The number of nitrogens with one attached hydrogen (secondary N) is 1. The van der Waals surface area contributed by atoms with Crippen LogP contribution in [0, 0.1) is 0 Å². The topological polar surface area (TPSA) is 78.9 Å². The number of alkyl halides is 1. The van der Waals surface area contributed by atoms with Gasteiger partial charge in [-0.2, -0.15) is 0 Å². The Hall–Kier alpha value is -1.35. The maximum absolute atomic E-state index is 11.9. The summed E-state index contributed by atoms with van der Waals surface area (Å²) >= 11 is 2.15. The number of benzene rings is 1. The van der Waals surface area contributed by atoms with Crippen molar-refractivity contribution in [3.63, 3.8) is 0 Å². The molecule has 0 fully saturated rings. The van der Waals surface area contributed by atoms with Crippen LogP contribution in [0.25, 0.3) is 0 Å². The van der Waals surface area contributed by atoms with Gasteiger partial charge in [0.15, 0.2) is 0 Å². The summed E-state index contributed by atoms with van der Waals surface area (Å²) in [5.41, 5.74) is 0.540. The molecular weight excluding hydrogens is 423 g/mol. The molecule has 7 heteroatoms. The van der Waals surface area contributed by atoms with Gasteiger partial charge in [-0.05, 0) is 37.1 Å². The number of ether oxygens (including phenoxy) is 1. The molecule has 0 aliphatic carbocycles. The Morgan fingerprint density at radius 1 is 1.21 bits per heavy atom. The third-order valence-electron chi connectivity index (χ3n) is 3.33. The summed E-state index contributed by atoms with van der Waals surface area (Å²) in [7, 11) is 0. The number of phenols is 1. The summed E-state index contributed by atoms with van der Waals surface area (Å²) in [5.74, 6) is -0.922. The molecule has 0 aliphatic heterocycles. The second kappa shape index (κ2) is 13.0. The van der Waals surface area contributed by atoms with E-state index in [4.69, 9.17) is 4.74 Å². The Morgan fingerprint density at radius 2 is 1.83 bits per heavy atom. The fourth-order valence-corrected chi connectivity index (χ4v) is 2.01. The molecule has 6 nitrogen and oxygen atoms in total. The Kier molecular flexibility index (Phi) is 12.3. The number of hydrogen-bond donors (Lipinski definition) is 2. The van der Waals surface area contributed by atoms with E-state index in [0.717, 1.165) is 13.1 Å². The zero-order chi connectivity index (χ0) is 18.5. The van der Waals surface area contributed by atoms with Crippen LogP contribution in [0.4, 0.5) is 5.69 Å². The minimum Gasteiger partial charge on any atom is -0.507 e. The van der Waals surface area contributed by atoms with Crippen molar-refractivity contribution in [2.45, 2.75) is 27.2 Å². The van der Waals surface area contributed by atoms with E-state index in [1.165, 1.54) is 12.1 Å². The standard InChI is InChI=1S/C16H24N2O4.CH3I/c1-4-18(5-2)10-9-15(20)17-12-7-8-13(14(19)11-12)16(21)22-6-3;1-2/h7-8,11,19H,4-6,9-10H2,1-3H3,(H,17,20);1H3. The highest BCUT2D eigenvalue weighted by molar-refractivity contribution is 14.1. The fraction of sp³-hybridized carbons (Fsp3) is 0.529. The number of phenolic OH excluding ortho intramolecular Hbond substituents is 1. The van der Waals surface area contributed by atoms with E-state index in [0.29, 0.717) is 18.7 Å². The van der Waals surface area contributed by atoms with Gasteiger partial charge in [-0.15, -0.1) is 0 Å². The summed E-state index contributed by atoms with van der Waals surface area (Å²) in [4.78, 5) is 27.6. The zero-order valence-electron chi connectivity index (χ0n) is 14.8. The summed E-state index contributed by atoms with van der Waals surface area (Å²) in [6.07, 6.45) is 0.377. The number of carbonyl (C=O) groups is 2. The monoisotopic (exact) mass is 450 g/mol. The Morgan fingerprint density at radius 3 is 2.33 bits per heavy atom. The van der Waals surface area contributed by atoms with Crippen LogP contribution in [0.3, 0.4) is 0 Å². The third-order valence-corrected chi connectivity index (χ3v) is 3.33. The number of hydrogen-bond acceptors (Lipinski definition) is 5. The van der Waals surface area contributed by atoms with Crippen LogP contribution in [0.2, 0.25) is 0 Å². The van der Waals surface area contributed by atoms with Crippen LogP contribution < -0.4 is 5.32 Å². The maximum Gasteiger partial charge on any atom is 0.341 e. The van der Waals surface area contributed by atoms with Gasteiger partial charge in [0.2, 0.25) is 5.91 Å². The molecule has 0 bridgehead atoms. The number of rotatable bonds is 8. The lowest BCUT2D eigenvalue weighted by Crippen LogP contribution is -2.27. The molecule has 0 radical (unpaired) electrons. The number of nitrogens with zero attached hydrogens (tertiary/aromatic N) is 1. The molecule has 2 N–H and O–H groups in total. The van der Waals surface area contributed by atoms with Crippen molar-refractivity contribution in [1.29, 1.82) is 0 Å². The molecule has 24 heavy (non-hydrogen) atoms. The molecule has 1 rings (SSSR count). The van der Waals surface area contributed by atoms with Gasteiger partial charge in [0.25, 0.3) is 0 Å². The van der Waals surface area contributed by atoms with Gasteiger partial charge in [-0.1, -0.05) is 36.4 Å². The predicted octanol–water partition coefficient (Wildman–Crippen LogP) is 3.29. The number of amides is 1. The van der Waals surface area contributed by atoms with Gasteiger partial charge < -0.3 is 20.1 Å². The minimum absolute atomic E-state index is 0.0861. The summed E-state index contributed by atoms with van der Waals surface area (Å²) in [5, 5.41) is 12.5.